The van der Waals surface area contributed by atoms with Gasteiger partial charge in [-0.3, -0.25) is 9.48 Å². The number of halogens is 2. The molecule has 0 saturated carbocycles. The zero-order valence-electron chi connectivity index (χ0n) is 20.3. The molecule has 0 radical (unpaired) electrons. The molecule has 2 N–H and O–H groups in total. The van der Waals surface area contributed by atoms with Crippen molar-refractivity contribution in [2.75, 3.05) is 18.4 Å². The Hall–Kier alpha value is -4.43. The minimum atomic E-state index is -2.72. The molecule has 190 valence electrons. The van der Waals surface area contributed by atoms with E-state index in [1.165, 1.54) is 18.6 Å². The number of nitrogens with one attached hydrogen (secondary N) is 2. The summed E-state index contributed by atoms with van der Waals surface area (Å²) >= 11 is 0. The molecule has 0 spiro atoms. The van der Waals surface area contributed by atoms with Crippen molar-refractivity contribution in [3.05, 3.63) is 84.1 Å². The topological polar surface area (TPSA) is 113 Å². The van der Waals surface area contributed by atoms with Crippen molar-refractivity contribution in [2.45, 2.75) is 25.3 Å². The second-order valence-electron chi connectivity index (χ2n) is 8.70. The van der Waals surface area contributed by atoms with Crippen LogP contribution in [0.3, 0.4) is 0 Å². The summed E-state index contributed by atoms with van der Waals surface area (Å²) in [4.78, 5) is 17.5. The normalized spacial score (nSPS) is 12.8. The fourth-order valence-corrected chi connectivity index (χ4v) is 3.88. The number of benzene rings is 1. The Balaban J connectivity index is 1.40. The predicted octanol–water partition coefficient (Wildman–Crippen LogP) is 4.06. The van der Waals surface area contributed by atoms with Crippen molar-refractivity contribution in [3.63, 3.8) is 0 Å². The van der Waals surface area contributed by atoms with Crippen molar-refractivity contribution in [1.82, 2.24) is 29.9 Å². The van der Waals surface area contributed by atoms with Crippen LogP contribution in [0.1, 0.15) is 42.0 Å². The van der Waals surface area contributed by atoms with Crippen LogP contribution in [0.4, 0.5) is 14.6 Å². The van der Waals surface area contributed by atoms with Gasteiger partial charge in [-0.1, -0.05) is 19.1 Å². The van der Waals surface area contributed by atoms with E-state index in [0.29, 0.717) is 40.3 Å². The van der Waals surface area contributed by atoms with Crippen molar-refractivity contribution in [1.29, 1.82) is 5.26 Å². The smallest absolute Gasteiger partial charge is 0.315 e. The summed E-state index contributed by atoms with van der Waals surface area (Å²) in [6, 6.07) is 12.9. The molecule has 9 nitrogen and oxygen atoms in total. The van der Waals surface area contributed by atoms with Crippen LogP contribution in [0.15, 0.2) is 67.4 Å². The van der Waals surface area contributed by atoms with Gasteiger partial charge in [-0.15, -0.1) is 0 Å². The molecule has 0 fully saturated rings. The molecule has 0 saturated heterocycles. The molecule has 0 aliphatic heterocycles. The van der Waals surface area contributed by atoms with Crippen molar-refractivity contribution in [3.8, 4) is 17.2 Å². The van der Waals surface area contributed by atoms with E-state index in [1.54, 1.807) is 48.4 Å². The van der Waals surface area contributed by atoms with Crippen LogP contribution < -0.4 is 10.6 Å². The molecule has 0 aliphatic rings. The molecule has 1 amide bonds. The monoisotopic (exact) mass is 504 g/mol. The first-order chi connectivity index (χ1) is 17.8. The first-order valence-corrected chi connectivity index (χ1v) is 11.6. The lowest BCUT2D eigenvalue weighted by Crippen LogP contribution is -2.32. The van der Waals surface area contributed by atoms with Crippen LogP contribution in [-0.4, -0.2) is 43.5 Å². The third-order valence-electron chi connectivity index (χ3n) is 6.00. The third kappa shape index (κ3) is 6.42. The highest BCUT2D eigenvalue weighted by molar-refractivity contribution is 5.95. The Labute approximate surface area is 212 Å². The fourth-order valence-electron chi connectivity index (χ4n) is 3.88. The number of amides is 1. The third-order valence-corrected chi connectivity index (χ3v) is 6.00. The van der Waals surface area contributed by atoms with E-state index in [1.807, 2.05) is 12.1 Å². The molecule has 3 heterocycles. The van der Waals surface area contributed by atoms with Crippen LogP contribution >= 0.6 is 0 Å². The summed E-state index contributed by atoms with van der Waals surface area (Å²) in [5.41, 5.74) is 3.57. The van der Waals surface area contributed by atoms with E-state index in [9.17, 15) is 13.6 Å². The molecule has 4 aromatic rings. The second-order valence-corrected chi connectivity index (χ2v) is 8.70. The lowest BCUT2D eigenvalue weighted by Gasteiger charge is -2.18. The van der Waals surface area contributed by atoms with Gasteiger partial charge in [0.15, 0.2) is 0 Å². The molecule has 11 heteroatoms. The van der Waals surface area contributed by atoms with E-state index >= 15 is 0 Å². The van der Waals surface area contributed by atoms with E-state index in [4.69, 9.17) is 5.26 Å². The summed E-state index contributed by atoms with van der Waals surface area (Å²) < 4.78 is 27.8. The SMILES string of the molecule is C[C@@H](CNCC(C(=O)Nc1ccc(-c2cnn(C(F)F)c2)cn1)c1cnn(C)c1)c1ccc(C#N)cc1. The van der Waals surface area contributed by atoms with E-state index in [-0.39, 0.29) is 11.8 Å². The molecule has 3 aromatic heterocycles. The average Bonchev–Trinajstić information content (AvgIpc) is 3.57. The molecule has 1 aromatic carbocycles. The van der Waals surface area contributed by atoms with Gasteiger partial charge in [0.2, 0.25) is 5.91 Å². The maximum absolute atomic E-state index is 13.2. The van der Waals surface area contributed by atoms with E-state index in [0.717, 1.165) is 11.1 Å². The van der Waals surface area contributed by atoms with Gasteiger partial charge in [0.25, 0.3) is 0 Å². The summed E-state index contributed by atoms with van der Waals surface area (Å²) in [5.74, 6) is -0.256. The number of carbonyl (C=O) groups excluding carboxylic acids is 1. The first-order valence-electron chi connectivity index (χ1n) is 11.6. The van der Waals surface area contributed by atoms with Gasteiger partial charge in [-0.25, -0.2) is 9.67 Å². The maximum atomic E-state index is 13.2. The summed E-state index contributed by atoms with van der Waals surface area (Å²) in [6.45, 7) is 0.368. The number of alkyl halides is 2. The minimum Gasteiger partial charge on any atom is -0.315 e. The molecule has 4 rings (SSSR count). The number of aromatic nitrogens is 5. The average molecular weight is 505 g/mol. The van der Waals surface area contributed by atoms with Gasteiger partial charge in [-0.05, 0) is 35.7 Å². The van der Waals surface area contributed by atoms with Crippen LogP contribution in [0.25, 0.3) is 11.1 Å². The fraction of sp³-hybridized carbons (Fsp3) is 0.269. The van der Waals surface area contributed by atoms with Gasteiger partial charge in [0.1, 0.15) is 5.82 Å². The van der Waals surface area contributed by atoms with Crippen molar-refractivity contribution in [2.24, 2.45) is 7.05 Å². The highest BCUT2D eigenvalue weighted by Gasteiger charge is 2.23. The molecular formula is C26H26F2N8O. The Kier molecular flexibility index (Phi) is 8.00. The Morgan fingerprint density at radius 3 is 2.38 bits per heavy atom. The van der Waals surface area contributed by atoms with Crippen molar-refractivity contribution >= 4 is 11.7 Å². The number of rotatable bonds is 10. The van der Waals surface area contributed by atoms with E-state index < -0.39 is 12.5 Å². The molecule has 0 bridgehead atoms. The summed E-state index contributed by atoms with van der Waals surface area (Å²) in [6.07, 6.45) is 7.53. The van der Waals surface area contributed by atoms with Gasteiger partial charge >= 0.3 is 6.55 Å². The number of carbonyl (C=O) groups is 1. The minimum absolute atomic E-state index is 0.175. The standard InChI is InChI=1S/C26H26F2N8O/c1-17(19-5-3-18(9-29)4-6-19)10-30-14-23(22-13-32-35(2)15-22)25(37)34-24-8-7-20(11-31-24)21-12-33-36(16-21)26(27)28/h3-8,11-13,15-17,23,26,30H,10,14H2,1-2H3,(H,31,34,37)/t17-,23?/m0/s1. The van der Waals surface area contributed by atoms with E-state index in [2.05, 4.69) is 38.8 Å². The predicted molar refractivity (Wildman–Crippen MR) is 134 cm³/mol. The molecule has 1 unspecified atom stereocenters. The number of nitrogens with zero attached hydrogens (tertiary/aromatic N) is 6. The number of pyridine rings is 1. The number of anilines is 1. The van der Waals surface area contributed by atoms with Crippen LogP contribution in [-0.2, 0) is 11.8 Å². The molecule has 0 aliphatic carbocycles. The highest BCUT2D eigenvalue weighted by atomic mass is 19.3. The lowest BCUT2D eigenvalue weighted by molar-refractivity contribution is -0.117. The zero-order chi connectivity index (χ0) is 26.4. The Bertz CT molecular complexity index is 1370. The second kappa shape index (κ2) is 11.5. The largest absolute Gasteiger partial charge is 0.333 e. The van der Waals surface area contributed by atoms with Gasteiger partial charge in [0.05, 0.1) is 29.9 Å². The molecule has 2 atom stereocenters. The van der Waals surface area contributed by atoms with Crippen LogP contribution in [0.5, 0.6) is 0 Å². The highest BCUT2D eigenvalue weighted by Crippen LogP contribution is 2.23. The van der Waals surface area contributed by atoms with Gasteiger partial charge in [-0.2, -0.15) is 24.2 Å². The number of aryl methyl sites for hydroxylation is 1. The zero-order valence-corrected chi connectivity index (χ0v) is 20.3. The maximum Gasteiger partial charge on any atom is 0.333 e. The van der Waals surface area contributed by atoms with Crippen molar-refractivity contribution < 1.29 is 13.6 Å². The van der Waals surface area contributed by atoms with Gasteiger partial charge in [0, 0.05) is 55.4 Å². The number of hydrogen-bond donors (Lipinski definition) is 2. The molecular weight excluding hydrogens is 478 g/mol. The number of hydrogen-bond acceptors (Lipinski definition) is 6. The van der Waals surface area contributed by atoms with Crippen LogP contribution in [0, 0.1) is 11.3 Å². The lowest BCUT2D eigenvalue weighted by atomic mass is 9.98. The Morgan fingerprint density at radius 2 is 1.78 bits per heavy atom. The van der Waals surface area contributed by atoms with Gasteiger partial charge < -0.3 is 10.6 Å². The quantitative estimate of drug-likeness (QED) is 0.337. The molecule has 37 heavy (non-hydrogen) atoms. The first kappa shape index (κ1) is 25.7. The number of nitriles is 1. The summed E-state index contributed by atoms with van der Waals surface area (Å²) in [7, 11) is 1.79. The Morgan fingerprint density at radius 1 is 1.00 bits per heavy atom. The summed E-state index contributed by atoms with van der Waals surface area (Å²) in [5, 5.41) is 23.0. The van der Waals surface area contributed by atoms with Crippen LogP contribution in [0.2, 0.25) is 0 Å².